The number of carbonyl (C=O) groups excluding carboxylic acids is 1. The van der Waals surface area contributed by atoms with Gasteiger partial charge in [0, 0.05) is 37.3 Å². The molecule has 1 amide bonds. The highest BCUT2D eigenvalue weighted by molar-refractivity contribution is 5.98. The first-order chi connectivity index (χ1) is 18.5. The Kier molecular flexibility index (Phi) is 8.10. The average molecular weight is 525 g/mol. The molecule has 2 heterocycles. The van der Waals surface area contributed by atoms with E-state index in [0.29, 0.717) is 60.6 Å². The summed E-state index contributed by atoms with van der Waals surface area (Å²) in [7, 11) is 0. The lowest BCUT2D eigenvalue weighted by Crippen LogP contribution is -2.34. The van der Waals surface area contributed by atoms with Gasteiger partial charge in [0.25, 0.3) is 5.91 Å². The second-order valence-electron chi connectivity index (χ2n) is 8.95. The van der Waals surface area contributed by atoms with Crippen molar-refractivity contribution in [3.63, 3.8) is 0 Å². The molecular formula is C28H29FN2O7. The smallest absolute Gasteiger partial charge is 0.251 e. The second kappa shape index (κ2) is 12.0. The van der Waals surface area contributed by atoms with Gasteiger partial charge in [-0.15, -0.1) is 0 Å². The fourth-order valence-corrected chi connectivity index (χ4v) is 4.07. The number of hydrogen-bond donors (Lipinski definition) is 3. The lowest BCUT2D eigenvalue weighted by atomic mass is 10.1. The number of fused-ring (bicyclic) bond motifs is 2. The Morgan fingerprint density at radius 1 is 1.03 bits per heavy atom. The van der Waals surface area contributed by atoms with Gasteiger partial charge in [0.1, 0.15) is 55.6 Å². The molecule has 0 bridgehead atoms. The van der Waals surface area contributed by atoms with Gasteiger partial charge in [-0.1, -0.05) is 6.07 Å². The zero-order valence-electron chi connectivity index (χ0n) is 20.7. The summed E-state index contributed by atoms with van der Waals surface area (Å²) in [6.45, 7) is 2.42. The van der Waals surface area contributed by atoms with Crippen molar-refractivity contribution in [1.29, 1.82) is 0 Å². The van der Waals surface area contributed by atoms with Crippen LogP contribution in [0, 0.1) is 5.82 Å². The zero-order chi connectivity index (χ0) is 26.3. The predicted molar refractivity (Wildman–Crippen MR) is 136 cm³/mol. The van der Waals surface area contributed by atoms with E-state index in [0.717, 1.165) is 5.56 Å². The van der Waals surface area contributed by atoms with Gasteiger partial charge in [-0.05, 0) is 48.0 Å². The summed E-state index contributed by atoms with van der Waals surface area (Å²) in [6, 6.07) is 16.5. The van der Waals surface area contributed by atoms with Crippen LogP contribution in [0.4, 0.5) is 4.39 Å². The van der Waals surface area contributed by atoms with Crippen molar-refractivity contribution in [2.24, 2.45) is 0 Å². The van der Waals surface area contributed by atoms with Crippen LogP contribution in [-0.4, -0.2) is 62.7 Å². The minimum Gasteiger partial charge on any atom is -0.492 e. The van der Waals surface area contributed by atoms with E-state index >= 15 is 0 Å². The molecule has 2 aliphatic rings. The van der Waals surface area contributed by atoms with Gasteiger partial charge in [0.05, 0.1) is 0 Å². The lowest BCUT2D eigenvalue weighted by Gasteiger charge is -2.27. The largest absolute Gasteiger partial charge is 0.492 e. The van der Waals surface area contributed by atoms with Crippen molar-refractivity contribution >= 4 is 5.91 Å². The van der Waals surface area contributed by atoms with Gasteiger partial charge >= 0.3 is 0 Å². The first kappa shape index (κ1) is 25.6. The number of ether oxygens (including phenoxy) is 5. The molecule has 0 aromatic heterocycles. The molecule has 3 N–H and O–H groups in total. The Hall–Kier alpha value is -4.02. The molecule has 9 nitrogen and oxygen atoms in total. The van der Waals surface area contributed by atoms with Gasteiger partial charge in [0.15, 0.2) is 17.6 Å². The molecule has 3 aromatic rings. The molecule has 2 atom stereocenters. The Balaban J connectivity index is 0.984. The maximum Gasteiger partial charge on any atom is 0.251 e. The maximum atomic E-state index is 13.3. The van der Waals surface area contributed by atoms with E-state index < -0.39 is 6.10 Å². The number of amides is 1. The zero-order valence-corrected chi connectivity index (χ0v) is 20.7. The van der Waals surface area contributed by atoms with Crippen LogP contribution < -0.4 is 34.3 Å². The second-order valence-corrected chi connectivity index (χ2v) is 8.95. The normalized spacial score (nSPS) is 16.4. The third kappa shape index (κ3) is 6.64. The summed E-state index contributed by atoms with van der Waals surface area (Å²) in [5, 5.41) is 16.2. The summed E-state index contributed by atoms with van der Waals surface area (Å²) in [4.78, 5) is 11.6. The van der Waals surface area contributed by atoms with Gasteiger partial charge in [-0.3, -0.25) is 4.79 Å². The van der Waals surface area contributed by atoms with Crippen molar-refractivity contribution in [1.82, 2.24) is 10.6 Å². The van der Waals surface area contributed by atoms with Crippen molar-refractivity contribution < 1.29 is 38.0 Å². The van der Waals surface area contributed by atoms with Crippen molar-refractivity contribution in [3.05, 3.63) is 77.6 Å². The van der Waals surface area contributed by atoms with Crippen LogP contribution >= 0.6 is 0 Å². The van der Waals surface area contributed by atoms with E-state index in [4.69, 9.17) is 23.7 Å². The molecule has 200 valence electrons. The van der Waals surface area contributed by atoms with Crippen molar-refractivity contribution in [2.75, 3.05) is 39.5 Å². The molecule has 10 heteroatoms. The Labute approximate surface area is 219 Å². The molecule has 38 heavy (non-hydrogen) atoms. The number of rotatable bonds is 12. The van der Waals surface area contributed by atoms with E-state index in [-0.39, 0.29) is 37.6 Å². The number of aliphatic hydroxyl groups is 1. The van der Waals surface area contributed by atoms with E-state index in [1.807, 2.05) is 6.07 Å². The fourth-order valence-electron chi connectivity index (χ4n) is 4.07. The van der Waals surface area contributed by atoms with Gasteiger partial charge < -0.3 is 39.4 Å². The minimum absolute atomic E-state index is 0.0568. The Bertz CT molecular complexity index is 1270. The van der Waals surface area contributed by atoms with Crippen LogP contribution in [0.15, 0.2) is 60.7 Å². The van der Waals surface area contributed by atoms with E-state index in [2.05, 4.69) is 10.6 Å². The number of hydrogen-bond acceptors (Lipinski definition) is 8. The van der Waals surface area contributed by atoms with Crippen LogP contribution in [0.5, 0.6) is 28.7 Å². The number of benzene rings is 3. The van der Waals surface area contributed by atoms with E-state index in [1.165, 1.54) is 12.1 Å². The molecule has 3 aromatic carbocycles. The third-order valence-electron chi connectivity index (χ3n) is 6.00. The highest BCUT2D eigenvalue weighted by atomic mass is 19.1. The number of aliphatic hydroxyl groups excluding tert-OH is 1. The molecule has 0 aliphatic carbocycles. The van der Waals surface area contributed by atoms with E-state index in [9.17, 15) is 14.3 Å². The van der Waals surface area contributed by atoms with Gasteiger partial charge in [-0.2, -0.15) is 0 Å². The van der Waals surface area contributed by atoms with Crippen LogP contribution in [-0.2, 0) is 6.54 Å². The van der Waals surface area contributed by atoms with Gasteiger partial charge in [0.2, 0.25) is 0 Å². The van der Waals surface area contributed by atoms with Crippen molar-refractivity contribution in [3.8, 4) is 28.7 Å². The number of halogens is 1. The molecule has 0 saturated heterocycles. The predicted octanol–water partition coefficient (Wildman–Crippen LogP) is 2.70. The molecule has 0 spiro atoms. The highest BCUT2D eigenvalue weighted by Crippen LogP contribution is 2.35. The number of nitrogens with one attached hydrogen (secondary N) is 2. The fraction of sp³-hybridized carbons (Fsp3) is 0.321. The molecule has 2 aliphatic heterocycles. The van der Waals surface area contributed by atoms with Crippen LogP contribution in [0.3, 0.4) is 0 Å². The third-order valence-corrected chi connectivity index (χ3v) is 6.00. The summed E-state index contributed by atoms with van der Waals surface area (Å²) in [5.74, 6) is 2.37. The SMILES string of the molecule is O=C1NCc2cc(OCCNC[C@H](O)COc3ccc4c(c3)OC[C@@H](COc3cccc(F)c3)O4)ccc21. The molecular weight excluding hydrogens is 495 g/mol. The van der Waals surface area contributed by atoms with Gasteiger partial charge in [-0.25, -0.2) is 4.39 Å². The Morgan fingerprint density at radius 2 is 1.87 bits per heavy atom. The van der Waals surface area contributed by atoms with Crippen molar-refractivity contribution in [2.45, 2.75) is 18.8 Å². The monoisotopic (exact) mass is 524 g/mol. The highest BCUT2D eigenvalue weighted by Gasteiger charge is 2.23. The first-order valence-corrected chi connectivity index (χ1v) is 12.4. The average Bonchev–Trinajstić information content (AvgIpc) is 3.30. The van der Waals surface area contributed by atoms with Crippen LogP contribution in [0.1, 0.15) is 15.9 Å². The van der Waals surface area contributed by atoms with Crippen LogP contribution in [0.25, 0.3) is 0 Å². The molecule has 0 saturated carbocycles. The standard InChI is InChI=1S/C28H29FN2O7/c29-19-2-1-3-21(11-19)36-16-24-17-37-27-12-23(5-7-26(27)38-24)35-15-20(32)14-30-8-9-34-22-4-6-25-18(10-22)13-31-28(25)33/h1-7,10-12,20,24,30,32H,8-9,13-17H2,(H,31,33)/t20-,24+/m0/s1. The number of carbonyl (C=O) groups is 1. The quantitative estimate of drug-likeness (QED) is 0.311. The topological polar surface area (TPSA) is 108 Å². The lowest BCUT2D eigenvalue weighted by molar-refractivity contribution is 0.0528. The molecule has 0 unspecified atom stereocenters. The molecule has 0 radical (unpaired) electrons. The summed E-state index contributed by atoms with van der Waals surface area (Å²) >= 11 is 0. The summed E-state index contributed by atoms with van der Waals surface area (Å²) < 4.78 is 42.0. The summed E-state index contributed by atoms with van der Waals surface area (Å²) in [5.41, 5.74) is 1.62. The first-order valence-electron chi connectivity index (χ1n) is 12.4. The Morgan fingerprint density at radius 3 is 2.76 bits per heavy atom. The van der Waals surface area contributed by atoms with Crippen LogP contribution in [0.2, 0.25) is 0 Å². The minimum atomic E-state index is -0.718. The maximum absolute atomic E-state index is 13.3. The van der Waals surface area contributed by atoms with E-state index in [1.54, 1.807) is 42.5 Å². The molecule has 0 fully saturated rings. The summed E-state index contributed by atoms with van der Waals surface area (Å²) in [6.07, 6.45) is -1.05. The molecule has 5 rings (SSSR count).